The maximum absolute atomic E-state index is 12.8. The van der Waals surface area contributed by atoms with Crippen LogP contribution in [0.25, 0.3) is 10.6 Å². The third-order valence-electron chi connectivity index (χ3n) is 4.40. The second kappa shape index (κ2) is 7.77. The summed E-state index contributed by atoms with van der Waals surface area (Å²) in [7, 11) is 1.64. The minimum absolute atomic E-state index is 0.0328. The molecule has 5 nitrogen and oxygen atoms in total. The average Bonchev–Trinajstić information content (AvgIpc) is 3.12. The van der Waals surface area contributed by atoms with E-state index < -0.39 is 0 Å². The smallest absolute Gasteiger partial charge is 0.265 e. The molecule has 1 amide bonds. The molecule has 0 saturated carbocycles. The lowest BCUT2D eigenvalue weighted by Gasteiger charge is -2.35. The van der Waals surface area contributed by atoms with Gasteiger partial charge >= 0.3 is 0 Å². The van der Waals surface area contributed by atoms with Crippen molar-refractivity contribution < 1.29 is 14.6 Å². The number of benzene rings is 1. The van der Waals surface area contributed by atoms with Crippen LogP contribution in [0.5, 0.6) is 5.75 Å². The highest BCUT2D eigenvalue weighted by atomic mass is 32.1. The lowest BCUT2D eigenvalue weighted by molar-refractivity contribution is 0.0579. The summed E-state index contributed by atoms with van der Waals surface area (Å²) in [4.78, 5) is 19.8. The summed E-state index contributed by atoms with van der Waals surface area (Å²) >= 11 is 1.42. The first kappa shape index (κ1) is 16.9. The molecule has 1 N–H and O–H groups in total. The van der Waals surface area contributed by atoms with Crippen molar-refractivity contribution >= 4 is 17.2 Å². The summed E-state index contributed by atoms with van der Waals surface area (Å²) in [5.41, 5.74) is 0.977. The zero-order valence-electron chi connectivity index (χ0n) is 13.8. The Kier molecular flexibility index (Phi) is 5.48. The van der Waals surface area contributed by atoms with Gasteiger partial charge in [0.1, 0.15) is 15.6 Å². The number of hydrogen-bond acceptors (Lipinski definition) is 5. The number of aliphatic hydroxyl groups excluding tert-OH is 1. The van der Waals surface area contributed by atoms with Crippen molar-refractivity contribution in [3.63, 3.8) is 0 Å². The molecule has 1 aliphatic rings. The molecule has 0 spiro atoms. The number of hydrogen-bond donors (Lipinski definition) is 1. The van der Waals surface area contributed by atoms with Crippen LogP contribution in [-0.4, -0.2) is 47.2 Å². The van der Waals surface area contributed by atoms with Gasteiger partial charge in [-0.2, -0.15) is 0 Å². The van der Waals surface area contributed by atoms with E-state index in [2.05, 4.69) is 4.98 Å². The van der Waals surface area contributed by atoms with Crippen LogP contribution < -0.4 is 4.74 Å². The highest BCUT2D eigenvalue weighted by molar-refractivity contribution is 7.16. The molecule has 2 aromatic rings. The highest BCUT2D eigenvalue weighted by Crippen LogP contribution is 2.29. The zero-order chi connectivity index (χ0) is 16.9. The van der Waals surface area contributed by atoms with E-state index in [0.717, 1.165) is 42.1 Å². The van der Waals surface area contributed by atoms with Gasteiger partial charge in [-0.3, -0.25) is 4.79 Å². The van der Waals surface area contributed by atoms with E-state index in [4.69, 9.17) is 4.74 Å². The van der Waals surface area contributed by atoms with Gasteiger partial charge in [0, 0.05) is 24.8 Å². The lowest BCUT2D eigenvalue weighted by Crippen LogP contribution is -2.43. The predicted octanol–water partition coefficient (Wildman–Crippen LogP) is 3.20. The number of carbonyl (C=O) groups is 1. The van der Waals surface area contributed by atoms with Gasteiger partial charge in [-0.05, 0) is 49.9 Å². The van der Waals surface area contributed by atoms with Gasteiger partial charge in [0.25, 0.3) is 5.91 Å². The normalized spacial score (nSPS) is 17.8. The highest BCUT2D eigenvalue weighted by Gasteiger charge is 2.28. The van der Waals surface area contributed by atoms with Crippen LogP contribution in [0.3, 0.4) is 0 Å². The molecule has 1 aromatic heterocycles. The van der Waals surface area contributed by atoms with E-state index >= 15 is 0 Å². The van der Waals surface area contributed by atoms with Crippen molar-refractivity contribution in [2.45, 2.75) is 31.7 Å². The van der Waals surface area contributed by atoms with Crippen LogP contribution in [-0.2, 0) is 0 Å². The zero-order valence-corrected chi connectivity index (χ0v) is 14.6. The molecule has 0 radical (unpaired) electrons. The lowest BCUT2D eigenvalue weighted by atomic mass is 9.99. The van der Waals surface area contributed by atoms with Gasteiger partial charge in [0.05, 0.1) is 13.3 Å². The standard InChI is InChI=1S/C18H22N2O3S/c1-23-15-7-5-13(6-8-15)17-19-12-16(24-17)18(22)20-10-3-2-4-14(20)9-11-21/h5-8,12,14,21H,2-4,9-11H2,1H3. The fourth-order valence-corrected chi connectivity index (χ4v) is 3.98. The number of thiazole rings is 1. The van der Waals surface area contributed by atoms with E-state index in [1.807, 2.05) is 29.2 Å². The Hall–Kier alpha value is -1.92. The van der Waals surface area contributed by atoms with Crippen LogP contribution in [0.1, 0.15) is 35.4 Å². The van der Waals surface area contributed by atoms with Crippen LogP contribution in [0, 0.1) is 0 Å². The van der Waals surface area contributed by atoms with Gasteiger partial charge in [-0.15, -0.1) is 11.3 Å². The summed E-state index contributed by atoms with van der Waals surface area (Å²) in [6.07, 6.45) is 5.43. The Morgan fingerprint density at radius 1 is 1.38 bits per heavy atom. The van der Waals surface area contributed by atoms with Crippen molar-refractivity contribution in [3.8, 4) is 16.3 Å². The minimum Gasteiger partial charge on any atom is -0.497 e. The molecular weight excluding hydrogens is 324 g/mol. The molecule has 3 rings (SSSR count). The minimum atomic E-state index is 0.0328. The van der Waals surface area contributed by atoms with Crippen molar-refractivity contribution in [3.05, 3.63) is 35.3 Å². The molecule has 128 valence electrons. The number of aliphatic hydroxyl groups is 1. The van der Waals surface area contributed by atoms with E-state index in [9.17, 15) is 9.90 Å². The van der Waals surface area contributed by atoms with Gasteiger partial charge in [0.15, 0.2) is 0 Å². The fourth-order valence-electron chi connectivity index (χ4n) is 3.10. The number of aromatic nitrogens is 1. The van der Waals surface area contributed by atoms with Crippen molar-refractivity contribution in [2.75, 3.05) is 20.3 Å². The van der Waals surface area contributed by atoms with E-state index in [1.54, 1.807) is 13.3 Å². The van der Waals surface area contributed by atoms with E-state index in [1.165, 1.54) is 11.3 Å². The molecule has 0 bridgehead atoms. The van der Waals surface area contributed by atoms with Crippen molar-refractivity contribution in [1.82, 2.24) is 9.88 Å². The van der Waals surface area contributed by atoms with Crippen molar-refractivity contribution in [1.29, 1.82) is 0 Å². The number of piperidine rings is 1. The summed E-state index contributed by atoms with van der Waals surface area (Å²) < 4.78 is 5.16. The number of methoxy groups -OCH3 is 1. The summed E-state index contributed by atoms with van der Waals surface area (Å²) in [5, 5.41) is 10.1. The first-order valence-corrected chi connectivity index (χ1v) is 9.06. The molecule has 1 aromatic carbocycles. The van der Waals surface area contributed by atoms with E-state index in [-0.39, 0.29) is 18.6 Å². The van der Waals surface area contributed by atoms with Gasteiger partial charge < -0.3 is 14.7 Å². The summed E-state index contributed by atoms with van der Waals surface area (Å²) in [5.74, 6) is 0.831. The number of rotatable bonds is 5. The summed E-state index contributed by atoms with van der Waals surface area (Å²) in [6.45, 7) is 0.882. The molecule has 0 aliphatic carbocycles. The number of nitrogens with zero attached hydrogens (tertiary/aromatic N) is 2. The third kappa shape index (κ3) is 3.60. The Labute approximate surface area is 145 Å². The van der Waals surface area contributed by atoms with Crippen LogP contribution in [0.15, 0.2) is 30.5 Å². The Morgan fingerprint density at radius 2 is 2.17 bits per heavy atom. The molecule has 1 atom stereocenters. The van der Waals surface area contributed by atoms with E-state index in [0.29, 0.717) is 11.3 Å². The SMILES string of the molecule is COc1ccc(-c2ncc(C(=O)N3CCCCC3CCO)s2)cc1. The number of carbonyl (C=O) groups excluding carboxylic acids is 1. The molecular formula is C18H22N2O3S. The Morgan fingerprint density at radius 3 is 2.88 bits per heavy atom. The maximum Gasteiger partial charge on any atom is 0.265 e. The van der Waals surface area contributed by atoms with Crippen LogP contribution in [0.2, 0.25) is 0 Å². The summed E-state index contributed by atoms with van der Waals surface area (Å²) in [6, 6.07) is 7.81. The third-order valence-corrected chi connectivity index (χ3v) is 5.44. The van der Waals surface area contributed by atoms with Crippen molar-refractivity contribution in [2.24, 2.45) is 0 Å². The predicted molar refractivity (Wildman–Crippen MR) is 94.5 cm³/mol. The molecule has 1 saturated heterocycles. The second-order valence-electron chi connectivity index (χ2n) is 5.92. The van der Waals surface area contributed by atoms with Gasteiger partial charge in [-0.25, -0.2) is 4.98 Å². The first-order chi connectivity index (χ1) is 11.7. The second-order valence-corrected chi connectivity index (χ2v) is 6.95. The molecule has 2 heterocycles. The topological polar surface area (TPSA) is 62.7 Å². The number of ether oxygens (including phenoxy) is 1. The number of amides is 1. The molecule has 6 heteroatoms. The van der Waals surface area contributed by atoms with Crippen LogP contribution >= 0.6 is 11.3 Å². The monoisotopic (exact) mass is 346 g/mol. The quantitative estimate of drug-likeness (QED) is 0.903. The Bertz CT molecular complexity index is 682. The molecule has 1 aliphatic heterocycles. The first-order valence-electron chi connectivity index (χ1n) is 8.25. The molecule has 1 unspecified atom stereocenters. The molecule has 1 fully saturated rings. The average molecular weight is 346 g/mol. The largest absolute Gasteiger partial charge is 0.497 e. The maximum atomic E-state index is 12.8. The number of likely N-dealkylation sites (tertiary alicyclic amines) is 1. The van der Waals surface area contributed by atoms with Crippen LogP contribution in [0.4, 0.5) is 0 Å². The fraction of sp³-hybridized carbons (Fsp3) is 0.444. The van der Waals surface area contributed by atoms with Gasteiger partial charge in [-0.1, -0.05) is 0 Å². The molecule has 24 heavy (non-hydrogen) atoms. The Balaban J connectivity index is 1.77. The van der Waals surface area contributed by atoms with Gasteiger partial charge in [0.2, 0.25) is 0 Å².